The summed E-state index contributed by atoms with van der Waals surface area (Å²) in [5.74, 6) is 0. The van der Waals surface area contributed by atoms with Crippen molar-refractivity contribution in [3.05, 3.63) is 0 Å². The van der Waals surface area contributed by atoms with Crippen molar-refractivity contribution >= 4 is 36.6 Å². The Kier molecular flexibility index (Phi) is 270. The molecule has 0 aromatic rings. The van der Waals surface area contributed by atoms with Gasteiger partial charge in [-0.2, -0.15) is 0 Å². The van der Waals surface area contributed by atoms with Crippen LogP contribution in [0.15, 0.2) is 0 Å². The fourth-order valence-corrected chi connectivity index (χ4v) is 0. The molecule has 0 rings (SSSR count). The van der Waals surface area contributed by atoms with Crippen molar-refractivity contribution in [2.75, 3.05) is 0 Å². The van der Waals surface area contributed by atoms with Crippen LogP contribution in [0.1, 0.15) is 0 Å². The van der Waals surface area contributed by atoms with E-state index in [4.69, 9.17) is 75.4 Å². The van der Waals surface area contributed by atoms with E-state index in [-0.39, 0.29) is 43.8 Å². The van der Waals surface area contributed by atoms with Gasteiger partial charge in [0.15, 0.2) is 0 Å². The maximum Gasteiger partial charge on any atom is 0.631 e. The smallest absolute Gasteiger partial charge is 0.412 e. The van der Waals surface area contributed by atoms with Crippen LogP contribution < -0.4 is 0 Å². The van der Waals surface area contributed by atoms with Crippen LogP contribution in [0.25, 0.3) is 0 Å². The quantitative estimate of drug-likeness (QED) is 0.151. The number of rotatable bonds is 0. The molecule has 0 bridgehead atoms. The first-order chi connectivity index (χ1) is 8.66. The Morgan fingerprint density at radius 1 is 0.179 bits per heavy atom. The molecule has 28 heteroatoms. The molecule has 0 aliphatic heterocycles. The zero-order valence-corrected chi connectivity index (χ0v) is 13.6. The molecule has 0 saturated heterocycles. The Balaban J connectivity index is -0.00000000852. The molecule has 0 aliphatic rings. The van der Waals surface area contributed by atoms with Crippen molar-refractivity contribution in [2.45, 2.75) is 0 Å². The summed E-state index contributed by atoms with van der Waals surface area (Å²) in [6, 6.07) is 0. The van der Waals surface area contributed by atoms with Gasteiger partial charge in [-0.1, -0.05) is 0 Å². The van der Waals surface area contributed by atoms with Gasteiger partial charge in [-0.15, -0.1) is 0 Å². The number of hydrogen-bond donors (Lipinski definition) is 15. The summed E-state index contributed by atoms with van der Waals surface area (Å²) in [6.45, 7) is 0. The normalized spacial score (nSPS) is 4.82. The summed E-state index contributed by atoms with van der Waals surface area (Å²) in [5, 5.41) is 108. The highest BCUT2D eigenvalue weighted by molar-refractivity contribution is 6.31. The summed E-state index contributed by atoms with van der Waals surface area (Å²) in [6.07, 6.45) is 0. The molecule has 0 spiro atoms. The Hall–Kier alpha value is -0.595. The van der Waals surface area contributed by atoms with Crippen LogP contribution in [0, 0.1) is 0 Å². The summed E-state index contributed by atoms with van der Waals surface area (Å²) in [5.41, 5.74) is 0. The summed E-state index contributed by atoms with van der Waals surface area (Å²) >= 11 is 0. The predicted octanol–water partition coefficient (Wildman–Crippen LogP) is -16.9. The molecular weight excluding hydrogens is 422 g/mol. The van der Waals surface area contributed by atoms with Crippen LogP contribution in [-0.4, -0.2) is 156 Å². The first-order valence-electron chi connectivity index (χ1n) is 3.87. The van der Waals surface area contributed by atoms with E-state index in [9.17, 15) is 0 Å². The van der Waals surface area contributed by atoms with E-state index in [1.54, 1.807) is 0 Å². The summed E-state index contributed by atoms with van der Waals surface area (Å²) < 4.78 is 0. The van der Waals surface area contributed by atoms with E-state index in [1.807, 2.05) is 0 Å². The highest BCUT2D eigenvalue weighted by Gasteiger charge is 1.94. The molecule has 0 aliphatic carbocycles. The summed E-state index contributed by atoms with van der Waals surface area (Å²) in [7, 11) is -10.8. The van der Waals surface area contributed by atoms with E-state index >= 15 is 0 Å². The molecule has 0 saturated carbocycles. The van der Waals surface area contributed by atoms with Gasteiger partial charge < -0.3 is 119 Å². The lowest BCUT2D eigenvalue weighted by molar-refractivity contribution is 0.276. The molecule has 184 valence electrons. The lowest BCUT2D eigenvalue weighted by atomic mass is 10.3. The third kappa shape index (κ3) is 42700. The second-order valence-electron chi connectivity index (χ2n) is 1.73. The highest BCUT2D eigenvalue weighted by atomic mass is 16.5. The van der Waals surface area contributed by atoms with E-state index in [0.717, 1.165) is 0 Å². The minimum absolute atomic E-state index is 0. The zero-order valence-electron chi connectivity index (χ0n) is 13.6. The second kappa shape index (κ2) is 82.1. The van der Waals surface area contributed by atoms with Crippen molar-refractivity contribution in [1.82, 2.24) is 0 Å². The van der Waals surface area contributed by atoms with Gasteiger partial charge >= 0.3 is 36.6 Å². The number of hydrogen-bond acceptors (Lipinski definition) is 15. The Morgan fingerprint density at radius 2 is 0.179 bits per heavy atom. The maximum atomic E-state index is 7.17. The minimum atomic E-state index is -2.17. The van der Waals surface area contributed by atoms with E-state index in [2.05, 4.69) is 0 Å². The molecule has 0 atom stereocenters. The van der Waals surface area contributed by atoms with Crippen molar-refractivity contribution < 1.29 is 119 Å². The zero-order chi connectivity index (χ0) is 17.9. The van der Waals surface area contributed by atoms with Crippen molar-refractivity contribution in [2.24, 2.45) is 0 Å². The lowest BCUT2D eigenvalue weighted by Gasteiger charge is -1.69. The molecule has 0 aromatic carbocycles. The molecule has 31 N–H and O–H groups in total. The van der Waals surface area contributed by atoms with Gasteiger partial charge in [0.25, 0.3) is 0 Å². The SMILES string of the molecule is O.O.O.O.O.O.O.O.OB(O)O.OB(O)O.OB(O)O.OB(O)O.OB(O)O. The van der Waals surface area contributed by atoms with Crippen LogP contribution >= 0.6 is 0 Å². The molecule has 0 fully saturated rings. The molecule has 23 nitrogen and oxygen atoms in total. The van der Waals surface area contributed by atoms with Crippen molar-refractivity contribution in [3.8, 4) is 0 Å². The van der Waals surface area contributed by atoms with Gasteiger partial charge in [0, 0.05) is 0 Å². The topological polar surface area (TPSA) is 555 Å². The largest absolute Gasteiger partial charge is 0.631 e. The van der Waals surface area contributed by atoms with Crippen LogP contribution in [0.4, 0.5) is 0 Å². The monoisotopic (exact) mass is 454 g/mol. The third-order valence-electron chi connectivity index (χ3n) is 0. The van der Waals surface area contributed by atoms with Gasteiger partial charge in [-0.05, 0) is 0 Å². The second-order valence-corrected chi connectivity index (χ2v) is 1.73. The maximum absolute atomic E-state index is 7.17. The standard InChI is InChI=1S/5BH3O3.8H2O/c5*2-1(3)4;;;;;;;;/h5*2-4H;8*1H2. The van der Waals surface area contributed by atoms with Crippen LogP contribution in [0.3, 0.4) is 0 Å². The van der Waals surface area contributed by atoms with Crippen LogP contribution in [0.5, 0.6) is 0 Å². The van der Waals surface area contributed by atoms with Crippen LogP contribution in [0.2, 0.25) is 0 Å². The molecule has 28 heavy (non-hydrogen) atoms. The van der Waals surface area contributed by atoms with Gasteiger partial charge in [-0.3, -0.25) is 0 Å². The molecule has 0 unspecified atom stereocenters. The Labute approximate surface area is 157 Å². The first kappa shape index (κ1) is 92.1. The lowest BCUT2D eigenvalue weighted by Crippen LogP contribution is -2.07. The first-order valence-corrected chi connectivity index (χ1v) is 3.87. The molecule has 0 radical (unpaired) electrons. The fourth-order valence-electron chi connectivity index (χ4n) is 0. The van der Waals surface area contributed by atoms with Crippen molar-refractivity contribution in [1.29, 1.82) is 0 Å². The fraction of sp³-hybridized carbons (Fsp3) is 0. The van der Waals surface area contributed by atoms with Gasteiger partial charge in [0.05, 0.1) is 0 Å². The Bertz CT molecular complexity index is 77.6. The minimum Gasteiger partial charge on any atom is -0.412 e. The average Bonchev–Trinajstić information content (AvgIpc) is 1.94. The van der Waals surface area contributed by atoms with Gasteiger partial charge in [0.2, 0.25) is 0 Å². The molecule has 0 heterocycles. The van der Waals surface area contributed by atoms with Crippen molar-refractivity contribution in [3.63, 3.8) is 0 Å². The van der Waals surface area contributed by atoms with E-state index < -0.39 is 36.6 Å². The van der Waals surface area contributed by atoms with E-state index in [0.29, 0.717) is 0 Å². The van der Waals surface area contributed by atoms with Crippen LogP contribution in [-0.2, 0) is 0 Å². The molecule has 0 aromatic heterocycles. The molecular formula is H31B5O23. The molecule has 0 amide bonds. The third-order valence-corrected chi connectivity index (χ3v) is 0. The average molecular weight is 453 g/mol. The van der Waals surface area contributed by atoms with Gasteiger partial charge in [-0.25, -0.2) is 0 Å². The Morgan fingerprint density at radius 3 is 0.179 bits per heavy atom. The predicted molar refractivity (Wildman–Crippen MR) is 91.0 cm³/mol. The highest BCUT2D eigenvalue weighted by Crippen LogP contribution is 1.41. The van der Waals surface area contributed by atoms with E-state index in [1.165, 1.54) is 0 Å². The van der Waals surface area contributed by atoms with Gasteiger partial charge in [0.1, 0.15) is 0 Å². The summed E-state index contributed by atoms with van der Waals surface area (Å²) in [4.78, 5) is 0.